The van der Waals surface area contributed by atoms with E-state index in [9.17, 15) is 45.6 Å². The second-order valence-corrected chi connectivity index (χ2v) is 26.8. The van der Waals surface area contributed by atoms with E-state index >= 15 is 0 Å². The Morgan fingerprint density at radius 3 is 1.06 bits per heavy atom. The van der Waals surface area contributed by atoms with Crippen molar-refractivity contribution >= 4 is 5.91 Å². The predicted molar refractivity (Wildman–Crippen MR) is 355 cm³/mol. The highest BCUT2D eigenvalue weighted by Gasteiger charge is 2.51. The van der Waals surface area contributed by atoms with Gasteiger partial charge in [-0.05, 0) is 19.3 Å². The van der Waals surface area contributed by atoms with Crippen molar-refractivity contribution in [2.45, 2.75) is 428 Å². The average molecular weight is 1240 g/mol. The van der Waals surface area contributed by atoms with Crippen LogP contribution in [-0.4, -0.2) is 140 Å². The first kappa shape index (κ1) is 81.8. The third-order valence-electron chi connectivity index (χ3n) is 18.7. The summed E-state index contributed by atoms with van der Waals surface area (Å²) < 4.78 is 22.8. The summed E-state index contributed by atoms with van der Waals surface area (Å²) in [6.07, 6.45) is 56.2. The monoisotopic (exact) mass is 1240 g/mol. The fraction of sp³-hybridized carbons (Fsp3) is 0.959. The Labute approximate surface area is 533 Å². The van der Waals surface area contributed by atoms with Gasteiger partial charge >= 0.3 is 0 Å². The van der Waals surface area contributed by atoms with Gasteiger partial charge in [0.05, 0.1) is 32.0 Å². The van der Waals surface area contributed by atoms with Crippen LogP contribution in [0.1, 0.15) is 354 Å². The average Bonchev–Trinajstić information content (AvgIpc) is 2.27. The van der Waals surface area contributed by atoms with Gasteiger partial charge in [-0.3, -0.25) is 4.79 Å². The summed E-state index contributed by atoms with van der Waals surface area (Å²) in [5.74, 6) is -0.233. The molecule has 0 spiro atoms. The van der Waals surface area contributed by atoms with Gasteiger partial charge in [0.15, 0.2) is 12.6 Å². The summed E-state index contributed by atoms with van der Waals surface area (Å²) in [6.45, 7) is 2.83. The fourth-order valence-corrected chi connectivity index (χ4v) is 12.8. The van der Waals surface area contributed by atoms with E-state index in [-0.39, 0.29) is 18.9 Å². The number of hydrogen-bond acceptors (Lipinski definition) is 13. The lowest BCUT2D eigenvalue weighted by Gasteiger charge is -2.46. The van der Waals surface area contributed by atoms with Gasteiger partial charge in [-0.1, -0.05) is 341 Å². The Morgan fingerprint density at radius 2 is 0.713 bits per heavy atom. The highest BCUT2D eigenvalue weighted by molar-refractivity contribution is 5.76. The second kappa shape index (κ2) is 58.5. The van der Waals surface area contributed by atoms with Crippen LogP contribution in [0.2, 0.25) is 0 Å². The molecule has 0 saturated carbocycles. The van der Waals surface area contributed by atoms with Gasteiger partial charge in [0.2, 0.25) is 5.91 Å². The molecule has 0 aromatic rings. The molecule has 0 aromatic carbocycles. The molecule has 1 amide bonds. The number of hydrogen-bond donors (Lipinski definition) is 9. The summed E-state index contributed by atoms with van der Waals surface area (Å²) in [5.41, 5.74) is 0. The molecule has 0 radical (unpaired) electrons. The zero-order valence-electron chi connectivity index (χ0n) is 56.3. The van der Waals surface area contributed by atoms with Crippen molar-refractivity contribution in [1.29, 1.82) is 0 Å². The Bertz CT molecular complexity index is 1510. The van der Waals surface area contributed by atoms with E-state index in [2.05, 4.69) is 19.2 Å². The van der Waals surface area contributed by atoms with Crippen molar-refractivity contribution in [3.05, 3.63) is 12.2 Å². The van der Waals surface area contributed by atoms with E-state index < -0.39 is 86.8 Å². The number of aliphatic hydroxyl groups excluding tert-OH is 8. The second-order valence-electron chi connectivity index (χ2n) is 26.8. The van der Waals surface area contributed by atoms with Crippen molar-refractivity contribution in [2.75, 3.05) is 19.8 Å². The predicted octanol–water partition coefficient (Wildman–Crippen LogP) is 15.7. The van der Waals surface area contributed by atoms with Crippen molar-refractivity contribution in [3.8, 4) is 0 Å². The molecule has 12 unspecified atom stereocenters. The fourth-order valence-electron chi connectivity index (χ4n) is 12.8. The number of carbonyl (C=O) groups is 1. The summed E-state index contributed by atoms with van der Waals surface area (Å²) in [4.78, 5) is 13.3. The normalized spacial score (nSPS) is 23.2. The SMILES string of the molecule is CCCCCCCCCCCC/C=C/C(O)C(COC1OC(CO)C(OC2OC(CO)C(O)C(O)C2O)C(O)C1O)NC(=O)CCCCCCCCCCCCCCCCCCCCCCCCCCCCCCCCCCCCCCCCCCC. The first-order valence-electron chi connectivity index (χ1n) is 37.4. The van der Waals surface area contributed by atoms with E-state index in [1.165, 1.54) is 289 Å². The molecule has 2 rings (SSSR count). The third-order valence-corrected chi connectivity index (χ3v) is 18.7. The minimum absolute atomic E-state index is 0.233. The van der Waals surface area contributed by atoms with Crippen LogP contribution in [0.25, 0.3) is 0 Å². The topological polar surface area (TPSA) is 228 Å². The van der Waals surface area contributed by atoms with Crippen LogP contribution in [0.5, 0.6) is 0 Å². The molecule has 0 aliphatic carbocycles. The highest BCUT2D eigenvalue weighted by Crippen LogP contribution is 2.30. The lowest BCUT2D eigenvalue weighted by atomic mass is 9.97. The molecule has 2 aliphatic rings. The minimum atomic E-state index is -1.79. The number of unbranched alkanes of at least 4 members (excludes halogenated alkanes) is 50. The van der Waals surface area contributed by atoms with E-state index in [1.54, 1.807) is 6.08 Å². The standard InChI is InChI=1S/C73H141NO13/c1-3-5-7-9-11-13-15-17-18-19-20-21-22-23-24-25-26-27-28-29-30-31-32-33-34-35-36-37-38-39-40-41-42-43-44-45-47-49-51-53-55-57-65(78)74-61(62(77)56-54-52-50-48-46-16-14-12-10-8-6-4-2)60-84-72-70(83)68(81)71(64(59-76)86-72)87-73-69(82)67(80)66(79)63(58-75)85-73/h54,56,61-64,66-73,75-77,79-83H,3-53,55,57-60H2,1-2H3,(H,74,78)/b56-54+. The van der Waals surface area contributed by atoms with Crippen molar-refractivity contribution in [2.24, 2.45) is 0 Å². The smallest absolute Gasteiger partial charge is 0.220 e. The maximum atomic E-state index is 13.3. The third kappa shape index (κ3) is 42.6. The molecule has 2 aliphatic heterocycles. The van der Waals surface area contributed by atoms with Crippen LogP contribution in [0, 0.1) is 0 Å². The summed E-state index contributed by atoms with van der Waals surface area (Å²) in [5, 5.41) is 87.2. The van der Waals surface area contributed by atoms with Gasteiger partial charge < -0.3 is 65.1 Å². The number of ether oxygens (including phenoxy) is 4. The molecule has 2 fully saturated rings. The van der Waals surface area contributed by atoms with Gasteiger partial charge in [0.25, 0.3) is 0 Å². The van der Waals surface area contributed by atoms with E-state index in [1.807, 2.05) is 6.08 Å². The van der Waals surface area contributed by atoms with E-state index in [4.69, 9.17) is 18.9 Å². The molecule has 0 aromatic heterocycles. The number of aliphatic hydroxyl groups is 8. The zero-order chi connectivity index (χ0) is 63.1. The molecule has 0 bridgehead atoms. The molecule has 9 N–H and O–H groups in total. The molecule has 14 heteroatoms. The van der Waals surface area contributed by atoms with Crippen LogP contribution >= 0.6 is 0 Å². The molecule has 12 atom stereocenters. The van der Waals surface area contributed by atoms with Crippen molar-refractivity contribution in [3.63, 3.8) is 0 Å². The van der Waals surface area contributed by atoms with Gasteiger partial charge in [-0.15, -0.1) is 0 Å². The van der Waals surface area contributed by atoms with Crippen LogP contribution < -0.4 is 5.32 Å². The Balaban J connectivity index is 1.50. The largest absolute Gasteiger partial charge is 0.394 e. The Hall–Kier alpha value is -1.27. The maximum absolute atomic E-state index is 13.3. The number of rotatable bonds is 63. The summed E-state index contributed by atoms with van der Waals surface area (Å²) in [7, 11) is 0. The van der Waals surface area contributed by atoms with Crippen molar-refractivity contribution in [1.82, 2.24) is 5.32 Å². The summed E-state index contributed by atoms with van der Waals surface area (Å²) >= 11 is 0. The number of amides is 1. The first-order valence-corrected chi connectivity index (χ1v) is 37.4. The first-order chi connectivity index (χ1) is 42.6. The number of nitrogens with one attached hydrogen (secondary N) is 1. The van der Waals surface area contributed by atoms with Gasteiger partial charge in [-0.25, -0.2) is 0 Å². The zero-order valence-corrected chi connectivity index (χ0v) is 56.3. The number of allylic oxidation sites excluding steroid dienone is 1. The van der Waals surface area contributed by atoms with Crippen molar-refractivity contribution < 1.29 is 64.6 Å². The quantitative estimate of drug-likeness (QED) is 0.0204. The van der Waals surface area contributed by atoms with Crippen LogP contribution in [-0.2, 0) is 23.7 Å². The van der Waals surface area contributed by atoms with E-state index in [0.29, 0.717) is 6.42 Å². The van der Waals surface area contributed by atoms with Gasteiger partial charge in [0, 0.05) is 6.42 Å². The maximum Gasteiger partial charge on any atom is 0.220 e. The van der Waals surface area contributed by atoms with Gasteiger partial charge in [-0.2, -0.15) is 0 Å². The Morgan fingerprint density at radius 1 is 0.402 bits per heavy atom. The molecule has 2 heterocycles. The minimum Gasteiger partial charge on any atom is -0.394 e. The lowest BCUT2D eigenvalue weighted by Crippen LogP contribution is -2.65. The summed E-state index contributed by atoms with van der Waals surface area (Å²) in [6, 6.07) is -0.910. The van der Waals surface area contributed by atoms with E-state index in [0.717, 1.165) is 38.5 Å². The number of carbonyl (C=O) groups excluding carboxylic acids is 1. The lowest BCUT2D eigenvalue weighted by molar-refractivity contribution is -0.359. The molecule has 516 valence electrons. The van der Waals surface area contributed by atoms with Gasteiger partial charge in [0.1, 0.15) is 48.8 Å². The highest BCUT2D eigenvalue weighted by atomic mass is 16.7. The molecular weight excluding hydrogens is 1100 g/mol. The van der Waals surface area contributed by atoms with Crippen LogP contribution in [0.3, 0.4) is 0 Å². The molecule has 2 saturated heterocycles. The molecule has 14 nitrogen and oxygen atoms in total. The van der Waals surface area contributed by atoms with Crippen LogP contribution in [0.4, 0.5) is 0 Å². The Kier molecular flexibility index (Phi) is 55.1. The van der Waals surface area contributed by atoms with Crippen LogP contribution in [0.15, 0.2) is 12.2 Å². The molecule has 87 heavy (non-hydrogen) atoms. The molecular formula is C73H141NO13.